The third kappa shape index (κ3) is 4.18. The Balaban J connectivity index is 1.62. The molecular weight excluding hydrogens is 486 g/mol. The highest BCUT2D eigenvalue weighted by Crippen LogP contribution is 2.51. The van der Waals surface area contributed by atoms with Gasteiger partial charge in [0.15, 0.2) is 0 Å². The van der Waals surface area contributed by atoms with E-state index in [0.717, 1.165) is 28.8 Å². The molecule has 0 saturated heterocycles. The van der Waals surface area contributed by atoms with Crippen LogP contribution in [0, 0.1) is 12.7 Å². The number of benzene rings is 3. The van der Waals surface area contributed by atoms with Gasteiger partial charge >= 0.3 is 12.1 Å². The van der Waals surface area contributed by atoms with Crippen molar-refractivity contribution in [3.05, 3.63) is 94.3 Å². The van der Waals surface area contributed by atoms with E-state index in [4.69, 9.17) is 0 Å². The lowest BCUT2D eigenvalue weighted by molar-refractivity contribution is -0.143. The van der Waals surface area contributed by atoms with Crippen LogP contribution in [0.1, 0.15) is 64.2 Å². The van der Waals surface area contributed by atoms with Crippen molar-refractivity contribution >= 4 is 11.9 Å². The Labute approximate surface area is 211 Å². The number of carbonyl (C=O) groups excluding carboxylic acids is 1. The maximum Gasteiger partial charge on any atom is 0.419 e. The monoisotopic (exact) mass is 511 g/mol. The minimum atomic E-state index is -4.83. The summed E-state index contributed by atoms with van der Waals surface area (Å²) < 4.78 is 53.5. The first-order chi connectivity index (χ1) is 17.5. The molecule has 3 aromatic rings. The van der Waals surface area contributed by atoms with Gasteiger partial charge in [0.05, 0.1) is 11.1 Å². The fourth-order valence-electron chi connectivity index (χ4n) is 6.06. The van der Waals surface area contributed by atoms with Crippen molar-refractivity contribution in [1.82, 2.24) is 4.90 Å². The highest BCUT2D eigenvalue weighted by Gasteiger charge is 2.56. The fourth-order valence-corrected chi connectivity index (χ4v) is 6.06. The van der Waals surface area contributed by atoms with E-state index in [1.807, 2.05) is 31.2 Å². The van der Waals surface area contributed by atoms with E-state index in [-0.39, 0.29) is 17.7 Å². The van der Waals surface area contributed by atoms with E-state index in [1.54, 1.807) is 18.2 Å². The van der Waals surface area contributed by atoms with Gasteiger partial charge in [-0.15, -0.1) is 0 Å². The van der Waals surface area contributed by atoms with Gasteiger partial charge in [-0.3, -0.25) is 9.59 Å². The number of hydrogen-bond acceptors (Lipinski definition) is 2. The average molecular weight is 512 g/mol. The van der Waals surface area contributed by atoms with Crippen LogP contribution in [0.4, 0.5) is 17.6 Å². The second-order valence-electron chi connectivity index (χ2n) is 9.90. The Morgan fingerprint density at radius 2 is 1.73 bits per heavy atom. The summed E-state index contributed by atoms with van der Waals surface area (Å²) in [4.78, 5) is 28.1. The number of rotatable bonds is 4. The summed E-state index contributed by atoms with van der Waals surface area (Å²) in [6, 6.07) is 15.5. The predicted octanol–water partition coefficient (Wildman–Crippen LogP) is 6.96. The van der Waals surface area contributed by atoms with Gasteiger partial charge in [-0.1, -0.05) is 49.2 Å². The quantitative estimate of drug-likeness (QED) is 0.386. The molecule has 0 aromatic heterocycles. The van der Waals surface area contributed by atoms with Gasteiger partial charge in [0.25, 0.3) is 5.91 Å². The lowest BCUT2D eigenvalue weighted by Crippen LogP contribution is -2.58. The Morgan fingerprint density at radius 3 is 2.35 bits per heavy atom. The Hall–Kier alpha value is -3.68. The third-order valence-corrected chi connectivity index (χ3v) is 7.77. The summed E-state index contributed by atoms with van der Waals surface area (Å²) in [5, 5.41) is 10.4. The van der Waals surface area contributed by atoms with Gasteiger partial charge in [-0.25, -0.2) is 4.39 Å². The zero-order valence-electron chi connectivity index (χ0n) is 20.1. The smallest absolute Gasteiger partial charge is 0.419 e. The number of fused-ring (bicyclic) bond motifs is 1. The van der Waals surface area contributed by atoms with E-state index < -0.39 is 40.9 Å². The standard InChI is InChI=1S/C29H25F4NO3/c1-17-6-2-3-7-20(17)19-9-10-21-22(15-19)25(27(36)37)28(12-4-5-13-28)34(26(21)35)16-18-8-11-23(24(30)14-18)29(31,32)33/h2-3,6-11,14-15,25H,4-5,12-13,16H2,1H3,(H,36,37). The first-order valence-corrected chi connectivity index (χ1v) is 12.1. The molecule has 1 fully saturated rings. The van der Waals surface area contributed by atoms with Crippen molar-refractivity contribution in [3.63, 3.8) is 0 Å². The van der Waals surface area contributed by atoms with E-state index >= 15 is 0 Å². The molecule has 1 atom stereocenters. The van der Waals surface area contributed by atoms with Crippen LogP contribution in [-0.4, -0.2) is 27.4 Å². The summed E-state index contributed by atoms with van der Waals surface area (Å²) in [7, 11) is 0. The fraction of sp³-hybridized carbons (Fsp3) is 0.310. The Bertz CT molecular complexity index is 1390. The van der Waals surface area contributed by atoms with Gasteiger partial charge in [-0.2, -0.15) is 13.2 Å². The third-order valence-electron chi connectivity index (χ3n) is 7.77. The number of aryl methyl sites for hydroxylation is 1. The minimum absolute atomic E-state index is 0.175. The molecule has 1 heterocycles. The Kier molecular flexibility index (Phi) is 6.09. The van der Waals surface area contributed by atoms with Crippen LogP contribution in [0.15, 0.2) is 60.7 Å². The highest BCUT2D eigenvalue weighted by atomic mass is 19.4. The predicted molar refractivity (Wildman–Crippen MR) is 129 cm³/mol. The van der Waals surface area contributed by atoms with Crippen molar-refractivity contribution in [1.29, 1.82) is 0 Å². The molecule has 1 N–H and O–H groups in total. The lowest BCUT2D eigenvalue weighted by atomic mass is 9.70. The van der Waals surface area contributed by atoms with Gasteiger partial charge in [0.2, 0.25) is 0 Å². The van der Waals surface area contributed by atoms with E-state index in [9.17, 15) is 32.3 Å². The van der Waals surface area contributed by atoms with Crippen LogP contribution in [-0.2, 0) is 17.5 Å². The number of halogens is 4. The second-order valence-corrected chi connectivity index (χ2v) is 9.90. The second kappa shape index (κ2) is 9.01. The molecule has 0 bridgehead atoms. The molecule has 1 aliphatic carbocycles. The Morgan fingerprint density at radius 1 is 1.03 bits per heavy atom. The molecule has 0 radical (unpaired) electrons. The lowest BCUT2D eigenvalue weighted by Gasteiger charge is -2.49. The number of nitrogens with zero attached hydrogens (tertiary/aromatic N) is 1. The van der Waals surface area contributed by atoms with E-state index in [1.165, 1.54) is 4.90 Å². The molecule has 8 heteroatoms. The molecule has 1 amide bonds. The normalized spacial score (nSPS) is 18.8. The molecule has 1 unspecified atom stereocenters. The van der Waals surface area contributed by atoms with Crippen molar-refractivity contribution in [3.8, 4) is 11.1 Å². The van der Waals surface area contributed by atoms with Crippen LogP contribution in [0.25, 0.3) is 11.1 Å². The van der Waals surface area contributed by atoms with Gasteiger partial charge in [0.1, 0.15) is 11.7 Å². The zero-order chi connectivity index (χ0) is 26.5. The molecular formula is C29H25F4NO3. The number of carboxylic acids is 1. The van der Waals surface area contributed by atoms with Crippen molar-refractivity contribution in [2.24, 2.45) is 0 Å². The highest BCUT2D eigenvalue weighted by molar-refractivity contribution is 6.01. The number of carboxylic acid groups (broad SMARTS) is 1. The molecule has 1 aliphatic heterocycles. The summed E-state index contributed by atoms with van der Waals surface area (Å²) in [5.41, 5.74) is 1.18. The minimum Gasteiger partial charge on any atom is -0.481 e. The molecule has 5 rings (SSSR count). The number of carbonyl (C=O) groups is 2. The van der Waals surface area contributed by atoms with Crippen LogP contribution in [0.5, 0.6) is 0 Å². The summed E-state index contributed by atoms with van der Waals surface area (Å²) >= 11 is 0. The first-order valence-electron chi connectivity index (χ1n) is 12.1. The summed E-state index contributed by atoms with van der Waals surface area (Å²) in [6.07, 6.45) is -2.54. The van der Waals surface area contributed by atoms with Crippen LogP contribution in [0.2, 0.25) is 0 Å². The van der Waals surface area contributed by atoms with Gasteiger partial charge < -0.3 is 10.0 Å². The topological polar surface area (TPSA) is 57.6 Å². The molecule has 37 heavy (non-hydrogen) atoms. The van der Waals surface area contributed by atoms with Gasteiger partial charge in [0, 0.05) is 12.1 Å². The van der Waals surface area contributed by atoms with Crippen LogP contribution < -0.4 is 0 Å². The van der Waals surface area contributed by atoms with Crippen LogP contribution >= 0.6 is 0 Å². The summed E-state index contributed by atoms with van der Waals surface area (Å²) in [6.45, 7) is 1.77. The maximum atomic E-state index is 14.3. The molecule has 2 aliphatic rings. The van der Waals surface area contributed by atoms with Crippen molar-refractivity contribution in [2.45, 2.75) is 56.8 Å². The van der Waals surface area contributed by atoms with E-state index in [0.29, 0.717) is 37.3 Å². The molecule has 192 valence electrons. The number of hydrogen-bond donors (Lipinski definition) is 1. The number of aliphatic carboxylic acids is 1. The van der Waals surface area contributed by atoms with Crippen LogP contribution in [0.3, 0.4) is 0 Å². The summed E-state index contributed by atoms with van der Waals surface area (Å²) in [5.74, 6) is -3.91. The first kappa shape index (κ1) is 25.0. The van der Waals surface area contributed by atoms with Crippen molar-refractivity contribution < 1.29 is 32.3 Å². The number of amides is 1. The molecule has 1 saturated carbocycles. The van der Waals surface area contributed by atoms with Crippen molar-refractivity contribution in [2.75, 3.05) is 0 Å². The number of alkyl halides is 3. The molecule has 3 aromatic carbocycles. The largest absolute Gasteiger partial charge is 0.481 e. The average Bonchev–Trinajstić information content (AvgIpc) is 3.30. The zero-order valence-corrected chi connectivity index (χ0v) is 20.1. The SMILES string of the molecule is Cc1ccccc1-c1ccc2c(c1)C(C(=O)O)C1(CCCC1)N(Cc1ccc(C(F)(F)F)c(F)c1)C2=O. The maximum absolute atomic E-state index is 14.3. The van der Waals surface area contributed by atoms with Gasteiger partial charge in [-0.05, 0) is 71.8 Å². The molecule has 1 spiro atoms. The molecule has 4 nitrogen and oxygen atoms in total. The van der Waals surface area contributed by atoms with E-state index in [2.05, 4.69) is 0 Å².